The molecule has 0 aromatic heterocycles. The Labute approximate surface area is 126 Å². The summed E-state index contributed by atoms with van der Waals surface area (Å²) < 4.78 is 0. The average Bonchev–Trinajstić information content (AvgIpc) is 2.40. The second-order valence-corrected chi connectivity index (χ2v) is 5.71. The normalized spacial score (nSPS) is 10.7. The van der Waals surface area contributed by atoms with Gasteiger partial charge < -0.3 is 10.0 Å². The van der Waals surface area contributed by atoms with Crippen LogP contribution in [0.5, 0.6) is 0 Å². The summed E-state index contributed by atoms with van der Waals surface area (Å²) in [6, 6.07) is 8.10. The molecule has 0 aliphatic rings. The van der Waals surface area contributed by atoms with Crippen LogP contribution in [-0.4, -0.2) is 35.0 Å². The molecular weight excluding hydrogens is 266 g/mol. The third-order valence-electron chi connectivity index (χ3n) is 3.35. The van der Waals surface area contributed by atoms with E-state index in [2.05, 4.69) is 26.0 Å². The SMILES string of the molecule is CCN(CCC(=O)O)C(=O)Cc1ccc(CC(C)C)cc1. The van der Waals surface area contributed by atoms with E-state index in [-0.39, 0.29) is 18.9 Å². The van der Waals surface area contributed by atoms with E-state index in [0.717, 1.165) is 12.0 Å². The molecule has 1 aromatic rings. The Morgan fingerprint density at radius 1 is 1.14 bits per heavy atom. The molecule has 0 fully saturated rings. The minimum absolute atomic E-state index is 0.00704. The van der Waals surface area contributed by atoms with Crippen molar-refractivity contribution in [1.82, 2.24) is 4.90 Å². The van der Waals surface area contributed by atoms with Gasteiger partial charge in [0.1, 0.15) is 0 Å². The van der Waals surface area contributed by atoms with E-state index in [1.807, 2.05) is 19.1 Å². The van der Waals surface area contributed by atoms with Gasteiger partial charge in [0, 0.05) is 13.1 Å². The van der Waals surface area contributed by atoms with Crippen LogP contribution in [-0.2, 0) is 22.4 Å². The molecule has 0 radical (unpaired) electrons. The first-order valence-electron chi connectivity index (χ1n) is 7.49. The molecule has 0 heterocycles. The molecule has 1 rings (SSSR count). The fraction of sp³-hybridized carbons (Fsp3) is 0.529. The van der Waals surface area contributed by atoms with Gasteiger partial charge in [0.25, 0.3) is 0 Å². The molecule has 0 aliphatic heterocycles. The Bertz CT molecular complexity index is 465. The van der Waals surface area contributed by atoms with Crippen molar-refractivity contribution in [3.63, 3.8) is 0 Å². The molecule has 0 unspecified atom stereocenters. The van der Waals surface area contributed by atoms with E-state index >= 15 is 0 Å². The standard InChI is InChI=1S/C17H25NO3/c1-4-18(10-9-17(20)21)16(19)12-15-7-5-14(6-8-15)11-13(2)3/h5-8,13H,4,9-12H2,1-3H3,(H,20,21). The average molecular weight is 291 g/mol. The van der Waals surface area contributed by atoms with Crippen LogP contribution in [0.4, 0.5) is 0 Å². The predicted molar refractivity (Wildman–Crippen MR) is 83.2 cm³/mol. The number of nitrogens with zero attached hydrogens (tertiary/aromatic N) is 1. The molecule has 0 bridgehead atoms. The summed E-state index contributed by atoms with van der Waals surface area (Å²) in [5.74, 6) is -0.279. The molecule has 0 spiro atoms. The minimum Gasteiger partial charge on any atom is -0.481 e. The lowest BCUT2D eigenvalue weighted by Gasteiger charge is -2.20. The van der Waals surface area contributed by atoms with Crippen molar-refractivity contribution in [3.8, 4) is 0 Å². The number of likely N-dealkylation sites (N-methyl/N-ethyl adjacent to an activating group) is 1. The van der Waals surface area contributed by atoms with Crippen molar-refractivity contribution >= 4 is 11.9 Å². The Hall–Kier alpha value is -1.84. The monoisotopic (exact) mass is 291 g/mol. The molecule has 0 atom stereocenters. The largest absolute Gasteiger partial charge is 0.481 e. The molecule has 0 saturated heterocycles. The fourth-order valence-corrected chi connectivity index (χ4v) is 2.24. The number of aliphatic carboxylic acids is 1. The van der Waals surface area contributed by atoms with Crippen LogP contribution >= 0.6 is 0 Å². The van der Waals surface area contributed by atoms with Crippen molar-refractivity contribution in [1.29, 1.82) is 0 Å². The zero-order chi connectivity index (χ0) is 15.8. The van der Waals surface area contributed by atoms with Crippen molar-refractivity contribution in [3.05, 3.63) is 35.4 Å². The number of carbonyl (C=O) groups excluding carboxylic acids is 1. The number of benzene rings is 1. The highest BCUT2D eigenvalue weighted by atomic mass is 16.4. The van der Waals surface area contributed by atoms with E-state index in [1.54, 1.807) is 4.90 Å². The van der Waals surface area contributed by atoms with Gasteiger partial charge in [0.05, 0.1) is 12.8 Å². The highest BCUT2D eigenvalue weighted by Gasteiger charge is 2.13. The first kappa shape index (κ1) is 17.2. The highest BCUT2D eigenvalue weighted by molar-refractivity contribution is 5.79. The van der Waals surface area contributed by atoms with Gasteiger partial charge in [-0.15, -0.1) is 0 Å². The van der Waals surface area contributed by atoms with E-state index in [9.17, 15) is 9.59 Å². The van der Waals surface area contributed by atoms with Crippen LogP contribution in [0, 0.1) is 5.92 Å². The zero-order valence-electron chi connectivity index (χ0n) is 13.1. The van der Waals surface area contributed by atoms with Crippen LogP contribution in [0.2, 0.25) is 0 Å². The Morgan fingerprint density at radius 2 is 1.71 bits per heavy atom. The quantitative estimate of drug-likeness (QED) is 0.801. The lowest BCUT2D eigenvalue weighted by Crippen LogP contribution is -2.34. The third kappa shape index (κ3) is 6.43. The van der Waals surface area contributed by atoms with Crippen molar-refractivity contribution in [2.75, 3.05) is 13.1 Å². The zero-order valence-corrected chi connectivity index (χ0v) is 13.1. The number of hydrogen-bond donors (Lipinski definition) is 1. The summed E-state index contributed by atoms with van der Waals surface area (Å²) >= 11 is 0. The first-order valence-corrected chi connectivity index (χ1v) is 7.49. The molecule has 4 heteroatoms. The summed E-state index contributed by atoms with van der Waals surface area (Å²) in [5.41, 5.74) is 2.25. The molecule has 4 nitrogen and oxygen atoms in total. The summed E-state index contributed by atoms with van der Waals surface area (Å²) in [6.45, 7) is 7.04. The van der Waals surface area contributed by atoms with Gasteiger partial charge in [-0.2, -0.15) is 0 Å². The summed E-state index contributed by atoms with van der Waals surface area (Å²) in [7, 11) is 0. The third-order valence-corrected chi connectivity index (χ3v) is 3.35. The highest BCUT2D eigenvalue weighted by Crippen LogP contribution is 2.11. The maximum Gasteiger partial charge on any atom is 0.305 e. The maximum atomic E-state index is 12.2. The van der Waals surface area contributed by atoms with E-state index in [1.165, 1.54) is 5.56 Å². The van der Waals surface area contributed by atoms with Crippen LogP contribution in [0.1, 0.15) is 38.3 Å². The number of carboxylic acids is 1. The summed E-state index contributed by atoms with van der Waals surface area (Å²) in [4.78, 5) is 24.3. The van der Waals surface area contributed by atoms with Crippen LogP contribution < -0.4 is 0 Å². The lowest BCUT2D eigenvalue weighted by molar-refractivity contribution is -0.138. The Kier molecular flexibility index (Phi) is 6.92. The van der Waals surface area contributed by atoms with Gasteiger partial charge >= 0.3 is 5.97 Å². The Morgan fingerprint density at radius 3 is 2.19 bits per heavy atom. The van der Waals surface area contributed by atoms with Crippen LogP contribution in [0.3, 0.4) is 0 Å². The predicted octanol–water partition coefficient (Wildman–Crippen LogP) is 2.75. The molecule has 1 aromatic carbocycles. The molecule has 1 amide bonds. The number of amides is 1. The molecule has 116 valence electrons. The van der Waals surface area contributed by atoms with Gasteiger partial charge in [-0.1, -0.05) is 38.1 Å². The maximum absolute atomic E-state index is 12.2. The number of rotatable bonds is 8. The van der Waals surface area contributed by atoms with Gasteiger partial charge in [-0.25, -0.2) is 0 Å². The van der Waals surface area contributed by atoms with E-state index in [0.29, 0.717) is 18.9 Å². The second kappa shape index (κ2) is 8.45. The number of carbonyl (C=O) groups is 2. The topological polar surface area (TPSA) is 57.6 Å². The van der Waals surface area contributed by atoms with Gasteiger partial charge in [-0.3, -0.25) is 9.59 Å². The summed E-state index contributed by atoms with van der Waals surface area (Å²) in [6.07, 6.45) is 1.36. The molecule has 0 aliphatic carbocycles. The van der Waals surface area contributed by atoms with Gasteiger partial charge in [0.15, 0.2) is 0 Å². The van der Waals surface area contributed by atoms with E-state index in [4.69, 9.17) is 5.11 Å². The fourth-order valence-electron chi connectivity index (χ4n) is 2.24. The Balaban J connectivity index is 2.58. The van der Waals surface area contributed by atoms with Crippen molar-refractivity contribution in [2.45, 2.75) is 40.0 Å². The second-order valence-electron chi connectivity index (χ2n) is 5.71. The van der Waals surface area contributed by atoms with Crippen molar-refractivity contribution in [2.24, 2.45) is 5.92 Å². The smallest absolute Gasteiger partial charge is 0.305 e. The first-order chi connectivity index (χ1) is 9.92. The molecule has 0 saturated carbocycles. The lowest BCUT2D eigenvalue weighted by atomic mass is 10.0. The van der Waals surface area contributed by atoms with Gasteiger partial charge in [0.2, 0.25) is 5.91 Å². The molecule has 1 N–H and O–H groups in total. The molecular formula is C17H25NO3. The number of carboxylic acid groups (broad SMARTS) is 1. The van der Waals surface area contributed by atoms with Crippen molar-refractivity contribution < 1.29 is 14.7 Å². The van der Waals surface area contributed by atoms with Gasteiger partial charge in [-0.05, 0) is 30.4 Å². The van der Waals surface area contributed by atoms with Crippen LogP contribution in [0.25, 0.3) is 0 Å². The van der Waals surface area contributed by atoms with Crippen LogP contribution in [0.15, 0.2) is 24.3 Å². The molecule has 21 heavy (non-hydrogen) atoms. The minimum atomic E-state index is -0.876. The summed E-state index contributed by atoms with van der Waals surface area (Å²) in [5, 5.41) is 8.69. The van der Waals surface area contributed by atoms with E-state index < -0.39 is 5.97 Å². The number of hydrogen-bond acceptors (Lipinski definition) is 2.